The lowest BCUT2D eigenvalue weighted by atomic mass is 10.2. The van der Waals surface area contributed by atoms with Crippen LogP contribution < -0.4 is 0 Å². The molecule has 0 spiro atoms. The van der Waals surface area contributed by atoms with Gasteiger partial charge in [-0.15, -0.1) is 0 Å². The second kappa shape index (κ2) is 5.38. The number of benzene rings is 2. The molecule has 1 aromatic heterocycles. The Balaban J connectivity index is 2.36. The average Bonchev–Trinajstić information content (AvgIpc) is 2.43. The van der Waals surface area contributed by atoms with Crippen molar-refractivity contribution in [2.45, 2.75) is 0 Å². The summed E-state index contributed by atoms with van der Waals surface area (Å²) in [5.74, 6) is 0.414. The molecule has 6 heteroatoms. The average molecular weight is 344 g/mol. The van der Waals surface area contributed by atoms with Crippen LogP contribution in [-0.4, -0.2) is 9.97 Å². The van der Waals surface area contributed by atoms with E-state index in [-0.39, 0.29) is 5.15 Å². The summed E-state index contributed by atoms with van der Waals surface area (Å²) >= 11 is 24.6. The van der Waals surface area contributed by atoms with Crippen molar-refractivity contribution in [2.24, 2.45) is 0 Å². The van der Waals surface area contributed by atoms with E-state index in [1.54, 1.807) is 18.2 Å². The number of halogens is 4. The van der Waals surface area contributed by atoms with E-state index in [4.69, 9.17) is 46.4 Å². The van der Waals surface area contributed by atoms with Crippen LogP contribution in [0, 0.1) is 0 Å². The van der Waals surface area contributed by atoms with Gasteiger partial charge in [0.25, 0.3) is 0 Å². The Morgan fingerprint density at radius 2 is 1.40 bits per heavy atom. The van der Waals surface area contributed by atoms with Crippen LogP contribution in [0.1, 0.15) is 0 Å². The summed E-state index contributed by atoms with van der Waals surface area (Å²) in [7, 11) is 0. The molecule has 0 aliphatic rings. The maximum atomic E-state index is 6.20. The smallest absolute Gasteiger partial charge is 0.163 e. The fourth-order valence-corrected chi connectivity index (χ4v) is 2.87. The van der Waals surface area contributed by atoms with E-state index in [9.17, 15) is 0 Å². The van der Waals surface area contributed by atoms with Gasteiger partial charge in [0.1, 0.15) is 5.15 Å². The minimum atomic E-state index is 0.248. The lowest BCUT2D eigenvalue weighted by molar-refractivity contribution is 1.23. The molecule has 3 aromatic rings. The molecule has 0 amide bonds. The fourth-order valence-electron chi connectivity index (χ4n) is 1.89. The minimum absolute atomic E-state index is 0.248. The zero-order valence-electron chi connectivity index (χ0n) is 9.87. The lowest BCUT2D eigenvalue weighted by Gasteiger charge is -2.08. The van der Waals surface area contributed by atoms with Gasteiger partial charge >= 0.3 is 0 Å². The van der Waals surface area contributed by atoms with Gasteiger partial charge in [0, 0.05) is 5.56 Å². The van der Waals surface area contributed by atoms with E-state index < -0.39 is 0 Å². The number of fused-ring (bicyclic) bond motifs is 1. The lowest BCUT2D eigenvalue weighted by Crippen LogP contribution is -1.93. The molecule has 20 heavy (non-hydrogen) atoms. The quantitative estimate of drug-likeness (QED) is 0.513. The third kappa shape index (κ3) is 2.33. The van der Waals surface area contributed by atoms with Gasteiger partial charge in [0.2, 0.25) is 0 Å². The Bertz CT molecular complexity index is 818. The predicted octanol–water partition coefficient (Wildman–Crippen LogP) is 5.91. The van der Waals surface area contributed by atoms with Crippen molar-refractivity contribution >= 4 is 57.3 Å². The number of nitrogens with zero attached hydrogens (tertiary/aromatic N) is 2. The summed E-state index contributed by atoms with van der Waals surface area (Å²) < 4.78 is 0. The number of rotatable bonds is 1. The first-order chi connectivity index (χ1) is 9.58. The predicted molar refractivity (Wildman–Crippen MR) is 85.0 cm³/mol. The van der Waals surface area contributed by atoms with Crippen LogP contribution in [0.25, 0.3) is 22.3 Å². The topological polar surface area (TPSA) is 25.8 Å². The molecule has 2 nitrogen and oxygen atoms in total. The van der Waals surface area contributed by atoms with Crippen molar-refractivity contribution in [2.75, 3.05) is 0 Å². The van der Waals surface area contributed by atoms with Crippen molar-refractivity contribution in [1.82, 2.24) is 9.97 Å². The molecule has 0 saturated carbocycles. The molecular formula is C14H6Cl4N2. The van der Waals surface area contributed by atoms with Gasteiger partial charge in [-0.1, -0.05) is 58.5 Å². The maximum absolute atomic E-state index is 6.20. The molecule has 0 radical (unpaired) electrons. The monoisotopic (exact) mass is 342 g/mol. The van der Waals surface area contributed by atoms with E-state index >= 15 is 0 Å². The molecule has 0 aliphatic heterocycles. The number of hydrogen-bond donors (Lipinski definition) is 0. The third-order valence-corrected chi connectivity index (χ3v) is 4.04. The van der Waals surface area contributed by atoms with E-state index in [0.717, 1.165) is 0 Å². The van der Waals surface area contributed by atoms with Crippen molar-refractivity contribution in [3.8, 4) is 11.4 Å². The molecule has 0 unspecified atom stereocenters. The third-order valence-electron chi connectivity index (χ3n) is 2.82. The van der Waals surface area contributed by atoms with Crippen LogP contribution >= 0.6 is 46.4 Å². The van der Waals surface area contributed by atoms with Crippen LogP contribution in [0.4, 0.5) is 0 Å². The molecule has 100 valence electrons. The summed E-state index contributed by atoms with van der Waals surface area (Å²) in [5, 5.41) is 2.25. The van der Waals surface area contributed by atoms with Crippen molar-refractivity contribution in [3.05, 3.63) is 56.6 Å². The first kappa shape index (κ1) is 13.9. The van der Waals surface area contributed by atoms with Gasteiger partial charge in [-0.2, -0.15) is 0 Å². The second-order valence-corrected chi connectivity index (χ2v) is 5.65. The molecule has 3 rings (SSSR count). The Morgan fingerprint density at radius 1 is 0.700 bits per heavy atom. The van der Waals surface area contributed by atoms with Gasteiger partial charge < -0.3 is 0 Å². The molecule has 0 N–H and O–H groups in total. The first-order valence-corrected chi connectivity index (χ1v) is 7.15. The van der Waals surface area contributed by atoms with Crippen molar-refractivity contribution in [1.29, 1.82) is 0 Å². The van der Waals surface area contributed by atoms with Crippen molar-refractivity contribution in [3.63, 3.8) is 0 Å². The van der Waals surface area contributed by atoms with Gasteiger partial charge in [0.05, 0.1) is 26.0 Å². The second-order valence-electron chi connectivity index (χ2n) is 4.07. The molecule has 0 fully saturated rings. The van der Waals surface area contributed by atoms with E-state index in [2.05, 4.69) is 9.97 Å². The summed E-state index contributed by atoms with van der Waals surface area (Å²) in [5.41, 5.74) is 1.20. The minimum Gasteiger partial charge on any atom is -0.226 e. The number of hydrogen-bond acceptors (Lipinski definition) is 2. The molecule has 0 saturated heterocycles. The standard InChI is InChI=1S/C14H6Cl4N2/c15-8-4-2-1-3-7(8)14-19-12-10(17)6-5-9(16)11(12)13(18)20-14/h1-6H. The first-order valence-electron chi connectivity index (χ1n) is 5.64. The molecule has 2 aromatic carbocycles. The van der Waals surface area contributed by atoms with E-state index in [0.29, 0.717) is 37.4 Å². The van der Waals surface area contributed by atoms with Crippen LogP contribution in [0.5, 0.6) is 0 Å². The highest BCUT2D eigenvalue weighted by atomic mass is 35.5. The highest BCUT2D eigenvalue weighted by molar-refractivity contribution is 6.44. The van der Waals surface area contributed by atoms with Crippen LogP contribution in [0.2, 0.25) is 20.2 Å². The normalized spacial score (nSPS) is 11.0. The summed E-state index contributed by atoms with van der Waals surface area (Å²) in [4.78, 5) is 8.69. The highest BCUT2D eigenvalue weighted by Gasteiger charge is 2.14. The van der Waals surface area contributed by atoms with Crippen molar-refractivity contribution < 1.29 is 0 Å². The van der Waals surface area contributed by atoms with Gasteiger partial charge in [-0.05, 0) is 24.3 Å². The van der Waals surface area contributed by atoms with E-state index in [1.807, 2.05) is 18.2 Å². The zero-order valence-corrected chi connectivity index (χ0v) is 12.9. The molecule has 0 bridgehead atoms. The van der Waals surface area contributed by atoms with Crippen LogP contribution in [0.3, 0.4) is 0 Å². The molecule has 1 heterocycles. The SMILES string of the molecule is Clc1ccccc1-c1nc(Cl)c2c(Cl)ccc(Cl)c2n1. The van der Waals surface area contributed by atoms with Gasteiger partial charge in [-0.3, -0.25) is 0 Å². The van der Waals surface area contributed by atoms with Gasteiger partial charge in [0.15, 0.2) is 5.82 Å². The van der Waals surface area contributed by atoms with Gasteiger partial charge in [-0.25, -0.2) is 9.97 Å². The Labute approximate surface area is 135 Å². The molecule has 0 atom stereocenters. The largest absolute Gasteiger partial charge is 0.226 e. The summed E-state index contributed by atoms with van der Waals surface area (Å²) in [6.07, 6.45) is 0. The fraction of sp³-hybridized carbons (Fsp3) is 0. The zero-order chi connectivity index (χ0) is 14.3. The van der Waals surface area contributed by atoms with Crippen LogP contribution in [-0.2, 0) is 0 Å². The Hall–Kier alpha value is -1.06. The van der Waals surface area contributed by atoms with E-state index in [1.165, 1.54) is 0 Å². The highest BCUT2D eigenvalue weighted by Crippen LogP contribution is 2.35. The summed E-state index contributed by atoms with van der Waals surface area (Å²) in [6.45, 7) is 0. The maximum Gasteiger partial charge on any atom is 0.163 e. The molecular weight excluding hydrogens is 338 g/mol. The molecule has 0 aliphatic carbocycles. The Morgan fingerprint density at radius 3 is 2.15 bits per heavy atom. The summed E-state index contributed by atoms with van der Waals surface area (Å²) in [6, 6.07) is 10.6. The van der Waals surface area contributed by atoms with Crippen LogP contribution in [0.15, 0.2) is 36.4 Å². The Kier molecular flexibility index (Phi) is 3.74. The number of aromatic nitrogens is 2.